The summed E-state index contributed by atoms with van der Waals surface area (Å²) >= 11 is 0. The fraction of sp³-hybridized carbons (Fsp3) is 0.364. The van der Waals surface area contributed by atoms with Crippen LogP contribution in [0.3, 0.4) is 0 Å². The van der Waals surface area contributed by atoms with Crippen molar-refractivity contribution < 1.29 is 14.6 Å². The summed E-state index contributed by atoms with van der Waals surface area (Å²) in [5.41, 5.74) is 0.695. The van der Waals surface area contributed by atoms with Gasteiger partial charge in [0.1, 0.15) is 11.9 Å². The van der Waals surface area contributed by atoms with Crippen molar-refractivity contribution in [2.75, 3.05) is 19.1 Å². The SMILES string of the molecule is COc1cccc(N(C)C(=O)C(C)O)c1. The van der Waals surface area contributed by atoms with Gasteiger partial charge in [-0.1, -0.05) is 6.07 Å². The molecule has 0 aliphatic rings. The molecule has 4 nitrogen and oxygen atoms in total. The molecule has 1 unspecified atom stereocenters. The van der Waals surface area contributed by atoms with Crippen LogP contribution in [0.25, 0.3) is 0 Å². The molecule has 0 bridgehead atoms. The summed E-state index contributed by atoms with van der Waals surface area (Å²) in [4.78, 5) is 12.9. The highest BCUT2D eigenvalue weighted by atomic mass is 16.5. The third-order valence-corrected chi connectivity index (χ3v) is 2.13. The Balaban J connectivity index is 2.90. The summed E-state index contributed by atoms with van der Waals surface area (Å²) in [6.07, 6.45) is -0.999. The van der Waals surface area contributed by atoms with Gasteiger partial charge < -0.3 is 14.7 Å². The molecule has 0 aliphatic heterocycles. The zero-order valence-corrected chi connectivity index (χ0v) is 9.10. The lowest BCUT2D eigenvalue weighted by Gasteiger charge is -2.19. The first-order valence-corrected chi connectivity index (χ1v) is 4.66. The zero-order valence-electron chi connectivity index (χ0n) is 9.10. The maximum Gasteiger partial charge on any atom is 0.255 e. The largest absolute Gasteiger partial charge is 0.497 e. The van der Waals surface area contributed by atoms with E-state index in [4.69, 9.17) is 9.84 Å². The molecule has 0 fully saturated rings. The fourth-order valence-corrected chi connectivity index (χ4v) is 1.23. The van der Waals surface area contributed by atoms with Crippen molar-refractivity contribution in [2.24, 2.45) is 0 Å². The second-order valence-electron chi connectivity index (χ2n) is 3.27. The van der Waals surface area contributed by atoms with Gasteiger partial charge in [-0.2, -0.15) is 0 Å². The number of methoxy groups -OCH3 is 1. The van der Waals surface area contributed by atoms with Gasteiger partial charge >= 0.3 is 0 Å². The molecule has 1 aromatic rings. The number of amides is 1. The van der Waals surface area contributed by atoms with Gasteiger partial charge in [-0.15, -0.1) is 0 Å². The van der Waals surface area contributed by atoms with E-state index in [0.717, 1.165) is 0 Å². The minimum Gasteiger partial charge on any atom is -0.497 e. The highest BCUT2D eigenvalue weighted by Gasteiger charge is 2.16. The first kappa shape index (κ1) is 11.5. The lowest BCUT2D eigenvalue weighted by atomic mass is 10.2. The van der Waals surface area contributed by atoms with Gasteiger partial charge in [0.2, 0.25) is 0 Å². The number of aliphatic hydroxyl groups is 1. The summed E-state index contributed by atoms with van der Waals surface area (Å²) in [6.45, 7) is 1.44. The maximum atomic E-state index is 11.5. The van der Waals surface area contributed by atoms with Gasteiger partial charge in [-0.05, 0) is 19.1 Å². The van der Waals surface area contributed by atoms with Gasteiger partial charge in [0.25, 0.3) is 5.91 Å². The third kappa shape index (κ3) is 2.70. The number of carbonyl (C=O) groups is 1. The van der Waals surface area contributed by atoms with Crippen LogP contribution in [-0.4, -0.2) is 31.3 Å². The predicted molar refractivity (Wildman–Crippen MR) is 58.1 cm³/mol. The summed E-state index contributed by atoms with van der Waals surface area (Å²) in [5.74, 6) is 0.334. The van der Waals surface area contributed by atoms with Crippen molar-refractivity contribution in [3.63, 3.8) is 0 Å². The molecule has 1 amide bonds. The van der Waals surface area contributed by atoms with Crippen molar-refractivity contribution in [1.82, 2.24) is 0 Å². The smallest absolute Gasteiger partial charge is 0.255 e. The number of hydrogen-bond acceptors (Lipinski definition) is 3. The molecule has 0 heterocycles. The number of ether oxygens (including phenoxy) is 1. The Kier molecular flexibility index (Phi) is 3.68. The highest BCUT2D eigenvalue weighted by Crippen LogP contribution is 2.20. The van der Waals surface area contributed by atoms with Crippen LogP contribution in [0.1, 0.15) is 6.92 Å². The molecular formula is C11H15NO3. The van der Waals surface area contributed by atoms with Crippen LogP contribution in [0.15, 0.2) is 24.3 Å². The molecular weight excluding hydrogens is 194 g/mol. The number of rotatable bonds is 3. The highest BCUT2D eigenvalue weighted by molar-refractivity contribution is 5.95. The summed E-state index contributed by atoms with van der Waals surface area (Å²) in [6, 6.07) is 7.10. The van der Waals surface area contributed by atoms with Crippen molar-refractivity contribution >= 4 is 11.6 Å². The van der Waals surface area contributed by atoms with Crippen molar-refractivity contribution in [1.29, 1.82) is 0 Å². The molecule has 0 saturated carbocycles. The second-order valence-corrected chi connectivity index (χ2v) is 3.27. The van der Waals surface area contributed by atoms with Gasteiger partial charge in [-0.25, -0.2) is 0 Å². The molecule has 1 rings (SSSR count). The van der Waals surface area contributed by atoms with Crippen LogP contribution in [0.2, 0.25) is 0 Å². The third-order valence-electron chi connectivity index (χ3n) is 2.13. The molecule has 82 valence electrons. The van der Waals surface area contributed by atoms with E-state index in [2.05, 4.69) is 0 Å². The van der Waals surface area contributed by atoms with Gasteiger partial charge in [-0.3, -0.25) is 4.79 Å². The van der Waals surface area contributed by atoms with Crippen LogP contribution in [0.5, 0.6) is 5.75 Å². The maximum absolute atomic E-state index is 11.5. The Labute approximate surface area is 89.1 Å². The lowest BCUT2D eigenvalue weighted by Crippen LogP contribution is -2.34. The minimum absolute atomic E-state index is 0.344. The average Bonchev–Trinajstić information content (AvgIpc) is 2.27. The Morgan fingerprint density at radius 3 is 2.73 bits per heavy atom. The summed E-state index contributed by atoms with van der Waals surface area (Å²) in [7, 11) is 3.18. The summed E-state index contributed by atoms with van der Waals surface area (Å²) in [5, 5.41) is 9.16. The van der Waals surface area contributed by atoms with E-state index < -0.39 is 6.10 Å². The molecule has 1 aromatic carbocycles. The van der Waals surface area contributed by atoms with Crippen LogP contribution in [-0.2, 0) is 4.79 Å². The van der Waals surface area contributed by atoms with E-state index in [1.54, 1.807) is 38.4 Å². The standard InChI is InChI=1S/C11H15NO3/c1-8(13)11(14)12(2)9-5-4-6-10(7-9)15-3/h4-8,13H,1-3H3. The first-order valence-electron chi connectivity index (χ1n) is 4.66. The Bertz CT molecular complexity index is 349. The van der Waals surface area contributed by atoms with Crippen molar-refractivity contribution in [3.8, 4) is 5.75 Å². The number of carbonyl (C=O) groups excluding carboxylic acids is 1. The van der Waals surface area contributed by atoms with E-state index in [1.165, 1.54) is 11.8 Å². The molecule has 0 spiro atoms. The molecule has 0 radical (unpaired) electrons. The van der Waals surface area contributed by atoms with Gasteiger partial charge in [0.15, 0.2) is 0 Å². The topological polar surface area (TPSA) is 49.8 Å². The van der Waals surface area contributed by atoms with E-state index in [0.29, 0.717) is 11.4 Å². The van der Waals surface area contributed by atoms with Gasteiger partial charge in [0.05, 0.1) is 7.11 Å². The van der Waals surface area contributed by atoms with Crippen LogP contribution < -0.4 is 9.64 Å². The van der Waals surface area contributed by atoms with Gasteiger partial charge in [0, 0.05) is 18.8 Å². The number of likely N-dealkylation sites (N-methyl/N-ethyl adjacent to an activating group) is 1. The van der Waals surface area contributed by atoms with E-state index >= 15 is 0 Å². The van der Waals surface area contributed by atoms with Crippen LogP contribution in [0.4, 0.5) is 5.69 Å². The molecule has 4 heteroatoms. The second kappa shape index (κ2) is 4.79. The number of benzene rings is 1. The minimum atomic E-state index is -0.999. The Hall–Kier alpha value is -1.55. The predicted octanol–water partition coefficient (Wildman–Crippen LogP) is 1.04. The van der Waals surface area contributed by atoms with Crippen LogP contribution in [0, 0.1) is 0 Å². The molecule has 0 aromatic heterocycles. The van der Waals surface area contributed by atoms with Crippen molar-refractivity contribution in [2.45, 2.75) is 13.0 Å². The number of nitrogens with zero attached hydrogens (tertiary/aromatic N) is 1. The van der Waals surface area contributed by atoms with E-state index in [-0.39, 0.29) is 5.91 Å². The lowest BCUT2D eigenvalue weighted by molar-refractivity contribution is -0.125. The normalized spacial score (nSPS) is 12.0. The zero-order chi connectivity index (χ0) is 11.4. The molecule has 1 atom stereocenters. The fourth-order valence-electron chi connectivity index (χ4n) is 1.23. The molecule has 0 aliphatic carbocycles. The quantitative estimate of drug-likeness (QED) is 0.809. The molecule has 1 N–H and O–H groups in total. The van der Waals surface area contributed by atoms with E-state index in [1.807, 2.05) is 0 Å². The summed E-state index contributed by atoms with van der Waals surface area (Å²) < 4.78 is 5.04. The van der Waals surface area contributed by atoms with Crippen LogP contribution >= 0.6 is 0 Å². The monoisotopic (exact) mass is 209 g/mol. The molecule has 0 saturated heterocycles. The average molecular weight is 209 g/mol. The first-order chi connectivity index (χ1) is 7.06. The number of aliphatic hydroxyl groups excluding tert-OH is 1. The Morgan fingerprint density at radius 1 is 1.53 bits per heavy atom. The molecule has 15 heavy (non-hydrogen) atoms. The van der Waals surface area contributed by atoms with E-state index in [9.17, 15) is 4.79 Å². The van der Waals surface area contributed by atoms with Crippen molar-refractivity contribution in [3.05, 3.63) is 24.3 Å². The number of hydrogen-bond donors (Lipinski definition) is 1. The number of anilines is 1. The Morgan fingerprint density at radius 2 is 2.20 bits per heavy atom.